The number of benzene rings is 1. The Labute approximate surface area is 117 Å². The summed E-state index contributed by atoms with van der Waals surface area (Å²) in [6.07, 6.45) is 2.76. The van der Waals surface area contributed by atoms with Crippen LogP contribution in [0.15, 0.2) is 28.7 Å². The van der Waals surface area contributed by atoms with Gasteiger partial charge in [-0.05, 0) is 37.6 Å². The van der Waals surface area contributed by atoms with E-state index in [1.54, 1.807) is 0 Å². The summed E-state index contributed by atoms with van der Waals surface area (Å²) >= 11 is 3.49. The molecule has 1 saturated heterocycles. The van der Waals surface area contributed by atoms with Crippen LogP contribution in [0.2, 0.25) is 0 Å². The van der Waals surface area contributed by atoms with Gasteiger partial charge in [0.1, 0.15) is 0 Å². The quantitative estimate of drug-likeness (QED) is 0.927. The fraction of sp³-hybridized carbons (Fsp3) is 0.500. The van der Waals surface area contributed by atoms with Gasteiger partial charge in [-0.2, -0.15) is 0 Å². The molecule has 1 heterocycles. The SMILES string of the molecule is CNCCC(=O)N1CCCC1c1cccc(Br)c1. The molecule has 0 aliphatic carbocycles. The van der Waals surface area contributed by atoms with Crippen LogP contribution in [0.1, 0.15) is 30.9 Å². The lowest BCUT2D eigenvalue weighted by Gasteiger charge is -2.25. The molecule has 1 aromatic rings. The maximum atomic E-state index is 12.1. The molecular weight excluding hydrogens is 292 g/mol. The lowest BCUT2D eigenvalue weighted by atomic mass is 10.0. The van der Waals surface area contributed by atoms with Gasteiger partial charge in [-0.1, -0.05) is 28.1 Å². The average Bonchev–Trinajstić information content (AvgIpc) is 2.85. The minimum absolute atomic E-state index is 0.256. The van der Waals surface area contributed by atoms with Crippen LogP contribution >= 0.6 is 15.9 Å². The number of nitrogens with zero attached hydrogens (tertiary/aromatic N) is 1. The summed E-state index contributed by atoms with van der Waals surface area (Å²) in [5.41, 5.74) is 1.24. The van der Waals surface area contributed by atoms with Gasteiger partial charge < -0.3 is 10.2 Å². The Morgan fingerprint density at radius 1 is 1.56 bits per heavy atom. The second-order valence-electron chi connectivity index (χ2n) is 4.65. The number of nitrogens with one attached hydrogen (secondary N) is 1. The lowest BCUT2D eigenvalue weighted by molar-refractivity contribution is -0.132. The monoisotopic (exact) mass is 310 g/mol. The average molecular weight is 311 g/mol. The molecule has 1 unspecified atom stereocenters. The molecule has 3 nitrogen and oxygen atoms in total. The molecule has 2 rings (SSSR count). The molecule has 1 fully saturated rings. The lowest BCUT2D eigenvalue weighted by Crippen LogP contribution is -2.32. The molecule has 1 amide bonds. The van der Waals surface area contributed by atoms with Crippen molar-refractivity contribution in [2.75, 3.05) is 20.1 Å². The van der Waals surface area contributed by atoms with Gasteiger partial charge in [-0.3, -0.25) is 4.79 Å². The van der Waals surface area contributed by atoms with Gasteiger partial charge in [-0.25, -0.2) is 0 Å². The summed E-state index contributed by atoms with van der Waals surface area (Å²) < 4.78 is 1.08. The Kier molecular flexibility index (Phi) is 4.78. The van der Waals surface area contributed by atoms with Crippen LogP contribution in [0.25, 0.3) is 0 Å². The summed E-state index contributed by atoms with van der Waals surface area (Å²) in [7, 11) is 1.88. The van der Waals surface area contributed by atoms with Gasteiger partial charge in [0, 0.05) is 24.0 Å². The van der Waals surface area contributed by atoms with Crippen molar-refractivity contribution >= 4 is 21.8 Å². The second-order valence-corrected chi connectivity index (χ2v) is 5.57. The topological polar surface area (TPSA) is 32.3 Å². The molecule has 1 atom stereocenters. The highest BCUT2D eigenvalue weighted by atomic mass is 79.9. The minimum Gasteiger partial charge on any atom is -0.336 e. The molecule has 0 bridgehead atoms. The van der Waals surface area contributed by atoms with E-state index in [0.717, 1.165) is 30.4 Å². The second kappa shape index (κ2) is 6.34. The van der Waals surface area contributed by atoms with E-state index >= 15 is 0 Å². The third kappa shape index (κ3) is 3.12. The van der Waals surface area contributed by atoms with Crippen molar-refractivity contribution in [3.05, 3.63) is 34.3 Å². The summed E-state index contributed by atoms with van der Waals surface area (Å²) in [6.45, 7) is 1.64. The molecule has 0 spiro atoms. The first kappa shape index (κ1) is 13.6. The number of amides is 1. The first-order valence-corrected chi connectivity index (χ1v) is 7.21. The van der Waals surface area contributed by atoms with Crippen molar-refractivity contribution in [1.82, 2.24) is 10.2 Å². The van der Waals surface area contributed by atoms with Crippen molar-refractivity contribution in [2.24, 2.45) is 0 Å². The summed E-state index contributed by atoms with van der Waals surface area (Å²) in [5.74, 6) is 0.256. The Balaban J connectivity index is 2.10. The van der Waals surface area contributed by atoms with E-state index < -0.39 is 0 Å². The molecule has 4 heteroatoms. The summed E-state index contributed by atoms with van der Waals surface area (Å²) in [5, 5.41) is 3.03. The van der Waals surface area contributed by atoms with Gasteiger partial charge in [0.15, 0.2) is 0 Å². The number of carbonyl (C=O) groups is 1. The molecule has 98 valence electrons. The normalized spacial score (nSPS) is 19.2. The van der Waals surface area contributed by atoms with E-state index in [9.17, 15) is 4.79 Å². The fourth-order valence-electron chi connectivity index (χ4n) is 2.50. The zero-order chi connectivity index (χ0) is 13.0. The van der Waals surface area contributed by atoms with Crippen molar-refractivity contribution in [2.45, 2.75) is 25.3 Å². The first-order valence-electron chi connectivity index (χ1n) is 6.42. The van der Waals surface area contributed by atoms with E-state index in [1.165, 1.54) is 5.56 Å². The summed E-state index contributed by atoms with van der Waals surface area (Å²) in [4.78, 5) is 14.2. The molecule has 0 aromatic heterocycles. The van der Waals surface area contributed by atoms with Crippen LogP contribution in [0.3, 0.4) is 0 Å². The third-order valence-corrected chi connectivity index (χ3v) is 3.89. The van der Waals surface area contributed by atoms with Crippen molar-refractivity contribution in [3.63, 3.8) is 0 Å². The minimum atomic E-state index is 0.256. The predicted octanol–water partition coefficient (Wildman–Crippen LogP) is 2.72. The smallest absolute Gasteiger partial charge is 0.224 e. The number of rotatable bonds is 4. The molecule has 0 saturated carbocycles. The number of hydrogen-bond donors (Lipinski definition) is 1. The molecule has 1 aromatic carbocycles. The van der Waals surface area contributed by atoms with Crippen LogP contribution in [-0.2, 0) is 4.79 Å². The van der Waals surface area contributed by atoms with Gasteiger partial charge in [0.05, 0.1) is 6.04 Å². The van der Waals surface area contributed by atoms with E-state index in [1.807, 2.05) is 24.1 Å². The first-order chi connectivity index (χ1) is 8.72. The van der Waals surface area contributed by atoms with Crippen LogP contribution < -0.4 is 5.32 Å². The van der Waals surface area contributed by atoms with Crippen molar-refractivity contribution < 1.29 is 4.79 Å². The third-order valence-electron chi connectivity index (χ3n) is 3.40. The van der Waals surface area contributed by atoms with Gasteiger partial charge in [0.25, 0.3) is 0 Å². The highest BCUT2D eigenvalue weighted by Gasteiger charge is 2.29. The number of halogens is 1. The maximum absolute atomic E-state index is 12.1. The Bertz CT molecular complexity index is 422. The summed E-state index contributed by atoms with van der Waals surface area (Å²) in [6, 6.07) is 8.54. The number of carbonyl (C=O) groups excluding carboxylic acids is 1. The molecule has 1 aliphatic rings. The zero-order valence-corrected chi connectivity index (χ0v) is 12.2. The number of hydrogen-bond acceptors (Lipinski definition) is 2. The van der Waals surface area contributed by atoms with E-state index in [0.29, 0.717) is 6.42 Å². The van der Waals surface area contributed by atoms with E-state index in [-0.39, 0.29) is 11.9 Å². The molecule has 0 radical (unpaired) electrons. The predicted molar refractivity (Wildman–Crippen MR) is 76.4 cm³/mol. The standard InChI is InChI=1S/C14H19BrN2O/c1-16-8-7-14(18)17-9-3-6-13(17)11-4-2-5-12(15)10-11/h2,4-5,10,13,16H,3,6-9H2,1H3. The van der Waals surface area contributed by atoms with Crippen LogP contribution in [0, 0.1) is 0 Å². The van der Waals surface area contributed by atoms with Crippen molar-refractivity contribution in [3.8, 4) is 0 Å². The van der Waals surface area contributed by atoms with Crippen LogP contribution in [-0.4, -0.2) is 30.9 Å². The molecule has 1 N–H and O–H groups in total. The highest BCUT2D eigenvalue weighted by molar-refractivity contribution is 9.10. The van der Waals surface area contributed by atoms with Crippen LogP contribution in [0.4, 0.5) is 0 Å². The maximum Gasteiger partial charge on any atom is 0.224 e. The number of likely N-dealkylation sites (tertiary alicyclic amines) is 1. The zero-order valence-electron chi connectivity index (χ0n) is 10.7. The Morgan fingerprint density at radius 2 is 2.39 bits per heavy atom. The molecule has 18 heavy (non-hydrogen) atoms. The largest absolute Gasteiger partial charge is 0.336 e. The highest BCUT2D eigenvalue weighted by Crippen LogP contribution is 2.33. The van der Waals surface area contributed by atoms with Gasteiger partial charge in [-0.15, -0.1) is 0 Å². The van der Waals surface area contributed by atoms with E-state index in [2.05, 4.69) is 33.4 Å². The molecular formula is C14H19BrN2O. The van der Waals surface area contributed by atoms with Gasteiger partial charge in [0.2, 0.25) is 5.91 Å². The van der Waals surface area contributed by atoms with E-state index in [4.69, 9.17) is 0 Å². The fourth-order valence-corrected chi connectivity index (χ4v) is 2.92. The Hall–Kier alpha value is -0.870. The van der Waals surface area contributed by atoms with Crippen LogP contribution in [0.5, 0.6) is 0 Å². The molecule has 1 aliphatic heterocycles. The van der Waals surface area contributed by atoms with Crippen molar-refractivity contribution in [1.29, 1.82) is 0 Å². The Morgan fingerprint density at radius 3 is 3.11 bits per heavy atom. The van der Waals surface area contributed by atoms with Gasteiger partial charge >= 0.3 is 0 Å².